The molecule has 0 bridgehead atoms. The van der Waals surface area contributed by atoms with Crippen LogP contribution in [0.1, 0.15) is 47.8 Å². The average molecular weight is 410 g/mol. The number of ether oxygens (including phenoxy) is 1. The topological polar surface area (TPSA) is 70.6 Å². The molecule has 1 amide bonds. The summed E-state index contributed by atoms with van der Waals surface area (Å²) in [6.45, 7) is 7.57. The van der Waals surface area contributed by atoms with Crippen LogP contribution in [0.2, 0.25) is 0 Å². The molecule has 3 heterocycles. The minimum Gasteiger partial charge on any atom is -0.378 e. The zero-order chi connectivity index (χ0) is 20.8. The molecule has 2 aliphatic rings. The van der Waals surface area contributed by atoms with E-state index in [-0.39, 0.29) is 5.91 Å². The third-order valence-corrected chi connectivity index (χ3v) is 5.74. The number of nitrogens with zero attached hydrogens (tertiary/aromatic N) is 4. The van der Waals surface area contributed by atoms with Crippen LogP contribution < -0.4 is 10.2 Å². The molecular weight excluding hydrogens is 378 g/mol. The lowest BCUT2D eigenvalue weighted by atomic mass is 10.1. The molecule has 2 aliphatic heterocycles. The van der Waals surface area contributed by atoms with Gasteiger partial charge >= 0.3 is 0 Å². The average Bonchev–Trinajstić information content (AvgIpc) is 2.83. The molecule has 0 atom stereocenters. The second-order valence-corrected chi connectivity index (χ2v) is 7.90. The van der Waals surface area contributed by atoms with Crippen LogP contribution in [-0.4, -0.2) is 60.2 Å². The highest BCUT2D eigenvalue weighted by Gasteiger charge is 2.18. The van der Waals surface area contributed by atoms with Gasteiger partial charge < -0.3 is 19.9 Å². The zero-order valence-corrected chi connectivity index (χ0v) is 17.8. The summed E-state index contributed by atoms with van der Waals surface area (Å²) < 4.78 is 5.44. The van der Waals surface area contributed by atoms with E-state index in [4.69, 9.17) is 9.72 Å². The van der Waals surface area contributed by atoms with E-state index in [1.165, 1.54) is 6.42 Å². The van der Waals surface area contributed by atoms with E-state index < -0.39 is 0 Å². The van der Waals surface area contributed by atoms with Gasteiger partial charge in [0, 0.05) is 50.0 Å². The number of nitrogens with one attached hydrogen (secondary N) is 1. The number of aromatic nitrogens is 2. The summed E-state index contributed by atoms with van der Waals surface area (Å²) in [7, 11) is 0. The molecule has 0 radical (unpaired) electrons. The van der Waals surface area contributed by atoms with Crippen LogP contribution in [0.5, 0.6) is 0 Å². The first kappa shape index (κ1) is 20.6. The van der Waals surface area contributed by atoms with Gasteiger partial charge in [-0.05, 0) is 43.4 Å². The first-order valence-electron chi connectivity index (χ1n) is 11.1. The van der Waals surface area contributed by atoms with Gasteiger partial charge in [-0.3, -0.25) is 4.79 Å². The predicted octanol–water partition coefficient (Wildman–Crippen LogP) is 3.11. The van der Waals surface area contributed by atoms with Crippen molar-refractivity contribution in [2.75, 3.05) is 49.6 Å². The predicted molar refractivity (Wildman–Crippen MR) is 118 cm³/mol. The van der Waals surface area contributed by atoms with Gasteiger partial charge in [0.2, 0.25) is 5.95 Å². The van der Waals surface area contributed by atoms with Crippen molar-refractivity contribution in [3.05, 3.63) is 47.2 Å². The molecule has 7 nitrogen and oxygen atoms in total. The molecule has 0 unspecified atom stereocenters. The lowest BCUT2D eigenvalue weighted by molar-refractivity contribution is 0.0724. The maximum Gasteiger partial charge on any atom is 0.253 e. The molecule has 0 spiro atoms. The Morgan fingerprint density at radius 3 is 2.47 bits per heavy atom. The summed E-state index contributed by atoms with van der Waals surface area (Å²) in [6.07, 6.45) is 4.31. The zero-order valence-electron chi connectivity index (χ0n) is 17.8. The fourth-order valence-corrected chi connectivity index (χ4v) is 3.90. The normalized spacial score (nSPS) is 17.1. The smallest absolute Gasteiger partial charge is 0.253 e. The summed E-state index contributed by atoms with van der Waals surface area (Å²) >= 11 is 0. The van der Waals surface area contributed by atoms with Crippen molar-refractivity contribution in [2.45, 2.75) is 39.2 Å². The van der Waals surface area contributed by atoms with Gasteiger partial charge in [0.25, 0.3) is 5.91 Å². The number of carbonyl (C=O) groups is 1. The Bertz CT molecular complexity index is 843. The number of hydrogen-bond donors (Lipinski definition) is 1. The molecule has 2 fully saturated rings. The Balaban J connectivity index is 1.39. The van der Waals surface area contributed by atoms with Gasteiger partial charge in [0.05, 0.1) is 13.2 Å². The lowest BCUT2D eigenvalue weighted by Crippen LogP contribution is -2.37. The molecule has 4 rings (SSSR count). The number of benzene rings is 1. The summed E-state index contributed by atoms with van der Waals surface area (Å²) in [5.41, 5.74) is 2.91. The third-order valence-electron chi connectivity index (χ3n) is 5.74. The maximum atomic E-state index is 12.6. The number of morpholine rings is 1. The summed E-state index contributed by atoms with van der Waals surface area (Å²) in [6, 6.07) is 9.93. The van der Waals surface area contributed by atoms with Crippen molar-refractivity contribution < 1.29 is 9.53 Å². The minimum absolute atomic E-state index is 0.146. The van der Waals surface area contributed by atoms with Gasteiger partial charge in [0.1, 0.15) is 5.82 Å². The summed E-state index contributed by atoms with van der Waals surface area (Å²) in [5, 5.41) is 3.42. The largest absolute Gasteiger partial charge is 0.378 e. The molecule has 160 valence electrons. The summed E-state index contributed by atoms with van der Waals surface area (Å²) in [5.74, 6) is 1.74. The number of piperidine rings is 1. The molecular formula is C23H31N5O2. The third kappa shape index (κ3) is 5.08. The molecule has 30 heavy (non-hydrogen) atoms. The van der Waals surface area contributed by atoms with Crippen LogP contribution in [0, 0.1) is 0 Å². The van der Waals surface area contributed by atoms with Crippen molar-refractivity contribution in [3.8, 4) is 0 Å². The Hall–Kier alpha value is -2.67. The lowest BCUT2D eigenvalue weighted by Gasteiger charge is -2.27. The van der Waals surface area contributed by atoms with E-state index in [0.29, 0.717) is 19.8 Å². The van der Waals surface area contributed by atoms with Gasteiger partial charge in [-0.2, -0.15) is 4.98 Å². The Morgan fingerprint density at radius 1 is 1.03 bits per heavy atom. The standard InChI is InChI=1S/C23H31N5O2/c1-2-20-16-21(26-23(25-20)28-12-14-30-15-13-28)24-17-18-6-8-19(9-7-18)22(29)27-10-4-3-5-11-27/h6-9,16H,2-5,10-15,17H2,1H3,(H,24,25,26). The van der Waals surface area contributed by atoms with E-state index in [9.17, 15) is 4.79 Å². The van der Waals surface area contributed by atoms with E-state index in [2.05, 4.69) is 22.1 Å². The quantitative estimate of drug-likeness (QED) is 0.791. The van der Waals surface area contributed by atoms with Crippen LogP contribution in [0.15, 0.2) is 30.3 Å². The molecule has 1 aromatic heterocycles. The van der Waals surface area contributed by atoms with Crippen molar-refractivity contribution in [1.29, 1.82) is 0 Å². The van der Waals surface area contributed by atoms with Gasteiger partial charge in [0.15, 0.2) is 0 Å². The fourth-order valence-electron chi connectivity index (χ4n) is 3.90. The number of rotatable bonds is 6. The Morgan fingerprint density at radius 2 is 1.77 bits per heavy atom. The molecule has 1 aromatic carbocycles. The highest BCUT2D eigenvalue weighted by molar-refractivity contribution is 5.94. The number of carbonyl (C=O) groups excluding carboxylic acids is 1. The van der Waals surface area contributed by atoms with E-state index in [0.717, 1.165) is 74.0 Å². The van der Waals surface area contributed by atoms with E-state index in [1.807, 2.05) is 35.2 Å². The number of hydrogen-bond acceptors (Lipinski definition) is 6. The first-order valence-corrected chi connectivity index (χ1v) is 11.1. The van der Waals surface area contributed by atoms with Crippen molar-refractivity contribution in [3.63, 3.8) is 0 Å². The second kappa shape index (κ2) is 9.89. The second-order valence-electron chi connectivity index (χ2n) is 7.90. The SMILES string of the molecule is CCc1cc(NCc2ccc(C(=O)N3CCCCC3)cc2)nc(N2CCOCC2)n1. The van der Waals surface area contributed by atoms with Crippen LogP contribution in [0.25, 0.3) is 0 Å². The first-order chi connectivity index (χ1) is 14.7. The molecule has 2 saturated heterocycles. The molecule has 0 aliphatic carbocycles. The molecule has 7 heteroatoms. The minimum atomic E-state index is 0.146. The molecule has 2 aromatic rings. The van der Waals surface area contributed by atoms with E-state index >= 15 is 0 Å². The Kier molecular flexibility index (Phi) is 6.79. The van der Waals surface area contributed by atoms with Crippen LogP contribution in [-0.2, 0) is 17.7 Å². The van der Waals surface area contributed by atoms with Crippen molar-refractivity contribution in [1.82, 2.24) is 14.9 Å². The van der Waals surface area contributed by atoms with Gasteiger partial charge in [-0.15, -0.1) is 0 Å². The number of likely N-dealkylation sites (tertiary alicyclic amines) is 1. The highest BCUT2D eigenvalue weighted by Crippen LogP contribution is 2.18. The van der Waals surface area contributed by atoms with Gasteiger partial charge in [-0.1, -0.05) is 19.1 Å². The number of amides is 1. The van der Waals surface area contributed by atoms with Crippen molar-refractivity contribution in [2.24, 2.45) is 0 Å². The molecule has 0 saturated carbocycles. The van der Waals surface area contributed by atoms with Crippen LogP contribution in [0.3, 0.4) is 0 Å². The summed E-state index contributed by atoms with van der Waals surface area (Å²) in [4.78, 5) is 26.2. The Labute approximate surface area is 178 Å². The number of aryl methyl sites for hydroxylation is 1. The fraction of sp³-hybridized carbons (Fsp3) is 0.522. The maximum absolute atomic E-state index is 12.6. The van der Waals surface area contributed by atoms with Crippen molar-refractivity contribution >= 4 is 17.7 Å². The van der Waals surface area contributed by atoms with E-state index in [1.54, 1.807) is 0 Å². The van der Waals surface area contributed by atoms with Gasteiger partial charge in [-0.25, -0.2) is 4.98 Å². The number of anilines is 2. The van der Waals surface area contributed by atoms with Crippen LogP contribution in [0.4, 0.5) is 11.8 Å². The van der Waals surface area contributed by atoms with Crippen LogP contribution >= 0.6 is 0 Å². The monoisotopic (exact) mass is 409 g/mol. The highest BCUT2D eigenvalue weighted by atomic mass is 16.5. The molecule has 1 N–H and O–H groups in total.